The molecule has 0 bridgehead atoms. The molecule has 0 amide bonds. The fourth-order valence-corrected chi connectivity index (χ4v) is 3.53. The maximum absolute atomic E-state index is 14.9. The fraction of sp³-hybridized carbons (Fsp3) is 0.364. The zero-order valence-electron chi connectivity index (χ0n) is 14.8. The lowest BCUT2D eigenvalue weighted by atomic mass is 9.87. The fourth-order valence-electron chi connectivity index (χ4n) is 3.53. The second kappa shape index (κ2) is 8.07. The van der Waals surface area contributed by atoms with Crippen LogP contribution < -0.4 is 0 Å². The Morgan fingerprint density at radius 3 is 2.38 bits per heavy atom. The van der Waals surface area contributed by atoms with Gasteiger partial charge in [-0.25, -0.2) is 17.6 Å². The third kappa shape index (κ3) is 3.84. The van der Waals surface area contributed by atoms with E-state index in [1.165, 1.54) is 37.0 Å². The van der Waals surface area contributed by atoms with Crippen LogP contribution in [-0.2, 0) is 6.42 Å². The van der Waals surface area contributed by atoms with Crippen molar-refractivity contribution in [2.24, 2.45) is 0 Å². The van der Waals surface area contributed by atoms with Crippen molar-refractivity contribution in [2.75, 3.05) is 0 Å². The van der Waals surface area contributed by atoms with E-state index < -0.39 is 23.3 Å². The van der Waals surface area contributed by atoms with E-state index in [1.807, 2.05) is 6.08 Å². The predicted molar refractivity (Wildman–Crippen MR) is 96.8 cm³/mol. The van der Waals surface area contributed by atoms with Crippen molar-refractivity contribution in [1.29, 1.82) is 0 Å². The Hall–Kier alpha value is -2.10. The molecule has 26 heavy (non-hydrogen) atoms. The van der Waals surface area contributed by atoms with Gasteiger partial charge in [0, 0.05) is 0 Å². The average Bonchev–Trinajstić information content (AvgIpc) is 2.61. The first-order chi connectivity index (χ1) is 12.5. The number of rotatable bonds is 6. The summed E-state index contributed by atoms with van der Waals surface area (Å²) in [5, 5.41) is 0. The van der Waals surface area contributed by atoms with Crippen molar-refractivity contribution in [1.82, 2.24) is 0 Å². The molecule has 3 rings (SSSR count). The molecule has 0 atom stereocenters. The molecule has 0 heterocycles. The molecule has 0 nitrogen and oxygen atoms in total. The van der Waals surface area contributed by atoms with E-state index in [9.17, 15) is 17.6 Å². The molecule has 0 spiro atoms. The Labute approximate surface area is 151 Å². The summed E-state index contributed by atoms with van der Waals surface area (Å²) in [5.74, 6) is -3.58. The van der Waals surface area contributed by atoms with Crippen LogP contribution in [-0.4, -0.2) is 0 Å². The van der Waals surface area contributed by atoms with Gasteiger partial charge < -0.3 is 0 Å². The van der Waals surface area contributed by atoms with Crippen LogP contribution in [0.25, 0.3) is 17.2 Å². The highest BCUT2D eigenvalue weighted by atomic mass is 19.2. The highest BCUT2D eigenvalue weighted by molar-refractivity contribution is 5.71. The second-order valence-corrected chi connectivity index (χ2v) is 6.86. The van der Waals surface area contributed by atoms with Crippen LogP contribution in [0.1, 0.15) is 56.6 Å². The lowest BCUT2D eigenvalue weighted by molar-refractivity contribution is 0.508. The third-order valence-electron chi connectivity index (χ3n) is 4.97. The molecular weight excluding hydrogens is 340 g/mol. The summed E-state index contributed by atoms with van der Waals surface area (Å²) in [6.45, 7) is 2.16. The molecule has 138 valence electrons. The van der Waals surface area contributed by atoms with E-state index in [2.05, 4.69) is 6.92 Å². The molecule has 0 unspecified atom stereocenters. The first-order valence-electron chi connectivity index (χ1n) is 9.17. The highest BCUT2D eigenvalue weighted by Gasteiger charge is 2.22. The van der Waals surface area contributed by atoms with Crippen LogP contribution in [0.2, 0.25) is 0 Å². The van der Waals surface area contributed by atoms with Crippen molar-refractivity contribution in [2.45, 2.75) is 51.9 Å². The molecule has 0 fully saturated rings. The summed E-state index contributed by atoms with van der Waals surface area (Å²) in [5.41, 5.74) is 1.94. The van der Waals surface area contributed by atoms with Crippen LogP contribution in [0.3, 0.4) is 0 Å². The summed E-state index contributed by atoms with van der Waals surface area (Å²) in [4.78, 5) is 0. The van der Waals surface area contributed by atoms with Gasteiger partial charge in [-0.2, -0.15) is 0 Å². The average molecular weight is 362 g/mol. The van der Waals surface area contributed by atoms with Crippen molar-refractivity contribution in [3.05, 3.63) is 64.2 Å². The van der Waals surface area contributed by atoms with E-state index in [4.69, 9.17) is 0 Å². The van der Waals surface area contributed by atoms with Gasteiger partial charge >= 0.3 is 0 Å². The van der Waals surface area contributed by atoms with Gasteiger partial charge in [0.15, 0.2) is 11.6 Å². The van der Waals surface area contributed by atoms with E-state index in [0.29, 0.717) is 17.5 Å². The Kier molecular flexibility index (Phi) is 5.80. The van der Waals surface area contributed by atoms with Gasteiger partial charge in [0.25, 0.3) is 0 Å². The molecule has 0 radical (unpaired) electrons. The molecule has 0 N–H and O–H groups in total. The minimum Gasteiger partial charge on any atom is -0.206 e. The quantitative estimate of drug-likeness (QED) is 0.376. The summed E-state index contributed by atoms with van der Waals surface area (Å²) in [6, 6.07) is 4.22. The zero-order valence-corrected chi connectivity index (χ0v) is 14.8. The maximum Gasteiger partial charge on any atom is 0.159 e. The molecule has 0 saturated heterocycles. The SMILES string of the molecule is CCCCCCC1=Cc2cc(F)c(-c3ccc(F)c(F)c3)c(F)c2CC1. The van der Waals surface area contributed by atoms with Crippen LogP contribution in [0, 0.1) is 23.3 Å². The van der Waals surface area contributed by atoms with E-state index in [-0.39, 0.29) is 11.1 Å². The van der Waals surface area contributed by atoms with Gasteiger partial charge in [0.1, 0.15) is 11.6 Å². The molecule has 0 aromatic heterocycles. The van der Waals surface area contributed by atoms with Crippen molar-refractivity contribution < 1.29 is 17.6 Å². The van der Waals surface area contributed by atoms with Crippen LogP contribution in [0.4, 0.5) is 17.6 Å². The predicted octanol–water partition coefficient (Wildman–Crippen LogP) is 7.21. The summed E-state index contributed by atoms with van der Waals surface area (Å²) < 4.78 is 56.1. The normalized spacial score (nSPS) is 13.5. The number of hydrogen-bond acceptors (Lipinski definition) is 0. The molecule has 1 aliphatic carbocycles. The number of benzene rings is 2. The summed E-state index contributed by atoms with van der Waals surface area (Å²) in [7, 11) is 0. The zero-order chi connectivity index (χ0) is 18.7. The molecule has 2 aromatic carbocycles. The first-order valence-corrected chi connectivity index (χ1v) is 9.17. The first kappa shape index (κ1) is 18.7. The number of fused-ring (bicyclic) bond motifs is 1. The monoisotopic (exact) mass is 362 g/mol. The van der Waals surface area contributed by atoms with E-state index in [1.54, 1.807) is 0 Å². The van der Waals surface area contributed by atoms with Crippen LogP contribution >= 0.6 is 0 Å². The second-order valence-electron chi connectivity index (χ2n) is 6.86. The number of hydrogen-bond donors (Lipinski definition) is 0. The van der Waals surface area contributed by atoms with E-state index in [0.717, 1.165) is 31.4 Å². The Morgan fingerprint density at radius 1 is 0.846 bits per heavy atom. The smallest absolute Gasteiger partial charge is 0.159 e. The van der Waals surface area contributed by atoms with Gasteiger partial charge in [0.2, 0.25) is 0 Å². The molecular formula is C22H22F4. The van der Waals surface area contributed by atoms with Crippen LogP contribution in [0.15, 0.2) is 29.8 Å². The minimum atomic E-state index is -1.12. The summed E-state index contributed by atoms with van der Waals surface area (Å²) >= 11 is 0. The number of allylic oxidation sites excluding steroid dienone is 1. The Balaban J connectivity index is 1.91. The molecule has 2 aromatic rings. The molecule has 0 aliphatic heterocycles. The minimum absolute atomic E-state index is 0.0102. The Bertz CT molecular complexity index is 837. The molecule has 1 aliphatic rings. The lowest BCUT2D eigenvalue weighted by Gasteiger charge is -2.20. The lowest BCUT2D eigenvalue weighted by Crippen LogP contribution is -2.06. The van der Waals surface area contributed by atoms with Crippen LogP contribution in [0.5, 0.6) is 0 Å². The Morgan fingerprint density at radius 2 is 1.65 bits per heavy atom. The summed E-state index contributed by atoms with van der Waals surface area (Å²) in [6.07, 6.45) is 8.71. The largest absolute Gasteiger partial charge is 0.206 e. The maximum atomic E-state index is 14.9. The van der Waals surface area contributed by atoms with Crippen molar-refractivity contribution >= 4 is 6.08 Å². The van der Waals surface area contributed by atoms with Crippen molar-refractivity contribution in [3.8, 4) is 11.1 Å². The van der Waals surface area contributed by atoms with Gasteiger partial charge in [0.05, 0.1) is 5.56 Å². The highest BCUT2D eigenvalue weighted by Crippen LogP contribution is 2.36. The van der Waals surface area contributed by atoms with Gasteiger partial charge in [-0.3, -0.25) is 0 Å². The molecule has 4 heteroatoms. The standard InChI is InChI=1S/C22H22F4/c1-2-3-4-5-6-14-7-9-17-16(11-14)13-20(25)21(22(17)26)15-8-10-18(23)19(24)12-15/h8,10-13H,2-7,9H2,1H3. The van der Waals surface area contributed by atoms with Gasteiger partial charge in [-0.15, -0.1) is 0 Å². The molecule has 0 saturated carbocycles. The van der Waals surface area contributed by atoms with Gasteiger partial charge in [-0.05, 0) is 60.6 Å². The topological polar surface area (TPSA) is 0 Å². The number of halogens is 4. The van der Waals surface area contributed by atoms with Gasteiger partial charge in [-0.1, -0.05) is 43.9 Å². The number of unbranched alkanes of at least 4 members (excludes halogenated alkanes) is 3. The van der Waals surface area contributed by atoms with Crippen molar-refractivity contribution in [3.63, 3.8) is 0 Å². The van der Waals surface area contributed by atoms with E-state index >= 15 is 0 Å². The third-order valence-corrected chi connectivity index (χ3v) is 4.97.